The van der Waals surface area contributed by atoms with E-state index < -0.39 is 0 Å². The number of ether oxygens (including phenoxy) is 1. The predicted octanol–water partition coefficient (Wildman–Crippen LogP) is 3.53. The fourth-order valence-corrected chi connectivity index (χ4v) is 3.28. The highest BCUT2D eigenvalue weighted by Crippen LogP contribution is 2.20. The van der Waals surface area contributed by atoms with E-state index in [4.69, 9.17) is 14.5 Å². The van der Waals surface area contributed by atoms with Crippen molar-refractivity contribution in [2.75, 3.05) is 34.3 Å². The van der Waals surface area contributed by atoms with Crippen molar-refractivity contribution in [2.45, 2.75) is 25.8 Å². The minimum Gasteiger partial charge on any atom is -0.497 e. The number of methoxy groups -OCH3 is 1. The third kappa shape index (κ3) is 7.16. The van der Waals surface area contributed by atoms with E-state index >= 15 is 0 Å². The average molecular weight is 448 g/mol. The van der Waals surface area contributed by atoms with E-state index in [-0.39, 0.29) is 5.91 Å². The molecule has 8 heteroatoms. The molecule has 8 nitrogen and oxygen atoms in total. The molecule has 0 aliphatic heterocycles. The molecule has 0 spiro atoms. The molecule has 0 bridgehead atoms. The molecule has 0 saturated heterocycles. The van der Waals surface area contributed by atoms with Gasteiger partial charge in [0.05, 0.1) is 18.7 Å². The lowest BCUT2D eigenvalue weighted by atomic mass is 10.1. The summed E-state index contributed by atoms with van der Waals surface area (Å²) < 4.78 is 10.5. The van der Waals surface area contributed by atoms with Gasteiger partial charge in [-0.05, 0) is 62.5 Å². The van der Waals surface area contributed by atoms with Gasteiger partial charge in [0.2, 0.25) is 17.6 Å². The molecular formula is C25H29N5O3. The first-order chi connectivity index (χ1) is 16.0. The summed E-state index contributed by atoms with van der Waals surface area (Å²) in [5.74, 6) is 1.88. The van der Waals surface area contributed by atoms with E-state index in [1.807, 2.05) is 55.4 Å². The van der Waals surface area contributed by atoms with Crippen LogP contribution in [-0.4, -0.2) is 60.1 Å². The largest absolute Gasteiger partial charge is 0.497 e. The second-order valence-electron chi connectivity index (χ2n) is 8.02. The van der Waals surface area contributed by atoms with Crippen LogP contribution in [0.2, 0.25) is 0 Å². The van der Waals surface area contributed by atoms with Crippen LogP contribution in [0.1, 0.15) is 29.9 Å². The summed E-state index contributed by atoms with van der Waals surface area (Å²) in [6.45, 7) is 1.92. The molecule has 3 rings (SSSR count). The number of carbonyl (C=O) groups excluding carboxylic acids is 1. The zero-order valence-corrected chi connectivity index (χ0v) is 19.3. The zero-order valence-electron chi connectivity index (χ0n) is 19.3. The number of aryl methyl sites for hydroxylation is 1. The van der Waals surface area contributed by atoms with Crippen LogP contribution in [0.3, 0.4) is 0 Å². The normalized spacial score (nSPS) is 10.8. The number of benzene rings is 2. The molecule has 0 fully saturated rings. The Morgan fingerprint density at radius 3 is 2.45 bits per heavy atom. The monoisotopic (exact) mass is 447 g/mol. The Labute approximate surface area is 194 Å². The van der Waals surface area contributed by atoms with Crippen LogP contribution >= 0.6 is 0 Å². The van der Waals surface area contributed by atoms with Crippen molar-refractivity contribution >= 4 is 5.91 Å². The molecule has 0 radical (unpaired) electrons. The van der Waals surface area contributed by atoms with Crippen LogP contribution in [0.4, 0.5) is 0 Å². The topological polar surface area (TPSA) is 95.5 Å². The Balaban J connectivity index is 1.55. The highest BCUT2D eigenvalue weighted by Gasteiger charge is 2.16. The number of rotatable bonds is 11. The van der Waals surface area contributed by atoms with Gasteiger partial charge >= 0.3 is 0 Å². The van der Waals surface area contributed by atoms with Gasteiger partial charge in [-0.25, -0.2) is 0 Å². The first-order valence-electron chi connectivity index (χ1n) is 10.9. The number of aromatic nitrogens is 2. The van der Waals surface area contributed by atoms with Crippen LogP contribution in [0.25, 0.3) is 11.4 Å². The molecule has 0 N–H and O–H groups in total. The average Bonchev–Trinajstić information content (AvgIpc) is 3.31. The van der Waals surface area contributed by atoms with E-state index in [2.05, 4.69) is 21.1 Å². The number of hydrogen-bond donors (Lipinski definition) is 0. The minimum absolute atomic E-state index is 0.0797. The summed E-state index contributed by atoms with van der Waals surface area (Å²) in [5, 5.41) is 13.0. The number of nitrogens with zero attached hydrogens (tertiary/aromatic N) is 5. The predicted molar refractivity (Wildman–Crippen MR) is 124 cm³/mol. The maximum absolute atomic E-state index is 12.9. The highest BCUT2D eigenvalue weighted by atomic mass is 16.5. The molecule has 0 aliphatic carbocycles. The molecule has 1 aromatic heterocycles. The zero-order chi connectivity index (χ0) is 23.6. The van der Waals surface area contributed by atoms with Crippen LogP contribution < -0.4 is 4.74 Å². The molecule has 0 atom stereocenters. The molecule has 3 aromatic rings. The molecule has 0 saturated carbocycles. The summed E-state index contributed by atoms with van der Waals surface area (Å²) in [6.07, 6.45) is 1.55. The van der Waals surface area contributed by atoms with Crippen molar-refractivity contribution in [3.05, 3.63) is 65.5 Å². The first-order valence-corrected chi connectivity index (χ1v) is 10.9. The molecular weight excluding hydrogens is 418 g/mol. The third-order valence-electron chi connectivity index (χ3n) is 5.22. The third-order valence-corrected chi connectivity index (χ3v) is 5.22. The molecule has 0 aliphatic rings. The molecule has 1 heterocycles. The summed E-state index contributed by atoms with van der Waals surface area (Å²) in [4.78, 5) is 21.3. The van der Waals surface area contributed by atoms with Gasteiger partial charge in [0.1, 0.15) is 5.75 Å². The maximum atomic E-state index is 12.9. The van der Waals surface area contributed by atoms with Gasteiger partial charge in [-0.15, -0.1) is 0 Å². The van der Waals surface area contributed by atoms with Crippen LogP contribution in [-0.2, 0) is 17.8 Å². The molecule has 33 heavy (non-hydrogen) atoms. The number of nitriles is 1. The lowest BCUT2D eigenvalue weighted by molar-refractivity contribution is -0.132. The van der Waals surface area contributed by atoms with Gasteiger partial charge in [0.15, 0.2) is 0 Å². The van der Waals surface area contributed by atoms with Gasteiger partial charge in [0, 0.05) is 38.0 Å². The first kappa shape index (κ1) is 24.0. The number of likely N-dealkylation sites (N-methyl/N-ethyl adjacent to an activating group) is 1. The van der Waals surface area contributed by atoms with E-state index in [1.165, 1.54) is 0 Å². The van der Waals surface area contributed by atoms with Crippen LogP contribution in [0.15, 0.2) is 53.1 Å². The second kappa shape index (κ2) is 11.8. The fraction of sp³-hybridized carbons (Fsp3) is 0.360. The van der Waals surface area contributed by atoms with Crippen molar-refractivity contribution in [3.63, 3.8) is 0 Å². The van der Waals surface area contributed by atoms with Crippen molar-refractivity contribution in [1.82, 2.24) is 19.9 Å². The van der Waals surface area contributed by atoms with E-state index in [0.717, 1.165) is 23.4 Å². The van der Waals surface area contributed by atoms with Crippen molar-refractivity contribution in [2.24, 2.45) is 0 Å². The Morgan fingerprint density at radius 2 is 1.82 bits per heavy atom. The number of carbonyl (C=O) groups is 1. The van der Waals surface area contributed by atoms with Gasteiger partial charge in [0.25, 0.3) is 0 Å². The lowest BCUT2D eigenvalue weighted by Crippen LogP contribution is -2.36. The smallest absolute Gasteiger partial charge is 0.226 e. The fourth-order valence-electron chi connectivity index (χ4n) is 3.28. The molecule has 1 amide bonds. The SMILES string of the molecule is COc1ccc(-c2noc(CCCC(=O)N(CCN(C)C)Cc3ccc(C#N)cc3)n2)cc1. The van der Waals surface area contributed by atoms with Crippen molar-refractivity contribution in [3.8, 4) is 23.2 Å². The van der Waals surface area contributed by atoms with Crippen LogP contribution in [0, 0.1) is 11.3 Å². The lowest BCUT2D eigenvalue weighted by Gasteiger charge is -2.24. The molecule has 2 aromatic carbocycles. The van der Waals surface area contributed by atoms with E-state index in [1.54, 1.807) is 19.2 Å². The highest BCUT2D eigenvalue weighted by molar-refractivity contribution is 5.76. The summed E-state index contributed by atoms with van der Waals surface area (Å²) >= 11 is 0. The molecule has 0 unspecified atom stereocenters. The summed E-state index contributed by atoms with van der Waals surface area (Å²) in [7, 11) is 5.59. The molecule has 172 valence electrons. The Kier molecular flexibility index (Phi) is 8.56. The summed E-state index contributed by atoms with van der Waals surface area (Å²) in [6, 6.07) is 16.9. The minimum atomic E-state index is 0.0797. The Morgan fingerprint density at radius 1 is 1.09 bits per heavy atom. The second-order valence-corrected chi connectivity index (χ2v) is 8.02. The van der Waals surface area contributed by atoms with E-state index in [9.17, 15) is 4.79 Å². The quantitative estimate of drug-likeness (QED) is 0.444. The van der Waals surface area contributed by atoms with Gasteiger partial charge in [-0.1, -0.05) is 17.3 Å². The Hall–Kier alpha value is -3.70. The number of amides is 1. The van der Waals surface area contributed by atoms with Crippen molar-refractivity contribution in [1.29, 1.82) is 5.26 Å². The van der Waals surface area contributed by atoms with Gasteiger partial charge in [-0.2, -0.15) is 10.2 Å². The maximum Gasteiger partial charge on any atom is 0.226 e. The van der Waals surface area contributed by atoms with E-state index in [0.29, 0.717) is 49.6 Å². The summed E-state index contributed by atoms with van der Waals surface area (Å²) in [5.41, 5.74) is 2.46. The van der Waals surface area contributed by atoms with Crippen LogP contribution in [0.5, 0.6) is 5.75 Å². The standard InChI is InChI=1S/C25H29N5O3/c1-29(2)15-16-30(18-20-9-7-19(17-26)8-10-20)24(31)6-4-5-23-27-25(28-33-23)21-11-13-22(32-3)14-12-21/h7-14H,4-6,15-16,18H2,1-3H3. The van der Waals surface area contributed by atoms with Crippen molar-refractivity contribution < 1.29 is 14.1 Å². The van der Waals surface area contributed by atoms with Gasteiger partial charge < -0.3 is 19.1 Å². The Bertz CT molecular complexity index is 1070. The number of hydrogen-bond acceptors (Lipinski definition) is 7. The van der Waals surface area contributed by atoms with Gasteiger partial charge in [-0.3, -0.25) is 4.79 Å².